The van der Waals surface area contributed by atoms with Crippen LogP contribution in [0, 0.1) is 12.7 Å². The number of hydrogen-bond acceptors (Lipinski definition) is 3. The van der Waals surface area contributed by atoms with Gasteiger partial charge >= 0.3 is 0 Å². The number of imidazole rings is 1. The van der Waals surface area contributed by atoms with Gasteiger partial charge in [-0.2, -0.15) is 0 Å². The van der Waals surface area contributed by atoms with Gasteiger partial charge in [0.25, 0.3) is 0 Å². The number of halogens is 1. The van der Waals surface area contributed by atoms with Crippen LogP contribution in [0.5, 0.6) is 5.75 Å². The van der Waals surface area contributed by atoms with E-state index < -0.39 is 0 Å². The molecule has 1 aromatic heterocycles. The predicted molar refractivity (Wildman–Crippen MR) is 92.9 cm³/mol. The van der Waals surface area contributed by atoms with E-state index in [1.807, 2.05) is 18.0 Å². The topological polar surface area (TPSA) is 47.4 Å². The van der Waals surface area contributed by atoms with Crippen molar-refractivity contribution in [3.05, 3.63) is 48.3 Å². The molecule has 0 unspecified atom stereocenters. The van der Waals surface area contributed by atoms with E-state index in [-0.39, 0.29) is 11.7 Å². The first kappa shape index (κ1) is 17.5. The van der Waals surface area contributed by atoms with Crippen LogP contribution in [0.2, 0.25) is 0 Å². The number of carbonyl (C=O) groups excluding carboxylic acids is 1. The highest BCUT2D eigenvalue weighted by molar-refractivity contribution is 5.76. The number of aryl methyl sites for hydroxylation is 1. The first-order valence-electron chi connectivity index (χ1n) is 8.79. The van der Waals surface area contributed by atoms with Crippen molar-refractivity contribution in [2.24, 2.45) is 0 Å². The summed E-state index contributed by atoms with van der Waals surface area (Å²) in [7, 11) is 0. The van der Waals surface area contributed by atoms with Crippen LogP contribution in [0.3, 0.4) is 0 Å². The summed E-state index contributed by atoms with van der Waals surface area (Å²) in [5.74, 6) is 1.33. The minimum Gasteiger partial charge on any atom is -0.493 e. The third-order valence-corrected chi connectivity index (χ3v) is 4.60. The maximum atomic E-state index is 13.1. The van der Waals surface area contributed by atoms with Crippen LogP contribution >= 0.6 is 0 Å². The molecule has 25 heavy (non-hydrogen) atoms. The summed E-state index contributed by atoms with van der Waals surface area (Å²) in [6.45, 7) is 3.95. The van der Waals surface area contributed by atoms with Crippen LogP contribution in [0.15, 0.2) is 36.7 Å². The zero-order chi connectivity index (χ0) is 17.6. The normalized spacial score (nSPS) is 17.5. The zero-order valence-corrected chi connectivity index (χ0v) is 14.5. The first-order valence-corrected chi connectivity index (χ1v) is 8.79. The Morgan fingerprint density at radius 1 is 1.44 bits per heavy atom. The summed E-state index contributed by atoms with van der Waals surface area (Å²) in [5.41, 5.74) is 0. The lowest BCUT2D eigenvalue weighted by Crippen LogP contribution is -2.40. The van der Waals surface area contributed by atoms with Crippen molar-refractivity contribution >= 4 is 5.91 Å². The Hall–Kier alpha value is -2.37. The van der Waals surface area contributed by atoms with Crippen LogP contribution < -0.4 is 4.74 Å². The van der Waals surface area contributed by atoms with Gasteiger partial charge in [-0.15, -0.1) is 0 Å². The quantitative estimate of drug-likeness (QED) is 0.754. The van der Waals surface area contributed by atoms with E-state index in [4.69, 9.17) is 4.74 Å². The van der Waals surface area contributed by atoms with Gasteiger partial charge in [0, 0.05) is 38.0 Å². The summed E-state index contributed by atoms with van der Waals surface area (Å²) < 4.78 is 20.7. The fourth-order valence-corrected chi connectivity index (χ4v) is 3.31. The van der Waals surface area contributed by atoms with Crippen LogP contribution in [-0.2, 0) is 4.79 Å². The highest BCUT2D eigenvalue weighted by Crippen LogP contribution is 2.23. The number of hydrogen-bond donors (Lipinski definition) is 0. The molecule has 6 heteroatoms. The molecule has 0 N–H and O–H groups in total. The highest BCUT2D eigenvalue weighted by Gasteiger charge is 2.24. The third kappa shape index (κ3) is 4.59. The Balaban J connectivity index is 1.44. The maximum absolute atomic E-state index is 13.1. The number of amides is 1. The number of benzene rings is 1. The molecule has 1 atom stereocenters. The van der Waals surface area contributed by atoms with Crippen molar-refractivity contribution in [1.29, 1.82) is 0 Å². The Kier molecular flexibility index (Phi) is 5.68. The summed E-state index contributed by atoms with van der Waals surface area (Å²) in [4.78, 5) is 18.7. The van der Waals surface area contributed by atoms with E-state index >= 15 is 0 Å². The van der Waals surface area contributed by atoms with Gasteiger partial charge in [0.15, 0.2) is 0 Å². The Labute approximate surface area is 147 Å². The number of carbonyl (C=O) groups is 1. The second kappa shape index (κ2) is 8.14. The molecule has 1 amide bonds. The molecule has 134 valence electrons. The van der Waals surface area contributed by atoms with E-state index in [1.54, 1.807) is 18.3 Å². The van der Waals surface area contributed by atoms with Gasteiger partial charge in [-0.3, -0.25) is 4.79 Å². The smallest absolute Gasteiger partial charge is 0.222 e. The SMILES string of the molecule is Cc1nccn1[C@H]1CCCN(C(=O)CCCOc2cccc(F)c2)C1. The highest BCUT2D eigenvalue weighted by atomic mass is 19.1. The van der Waals surface area contributed by atoms with Gasteiger partial charge in [0.05, 0.1) is 12.6 Å². The second-order valence-electron chi connectivity index (χ2n) is 6.43. The molecule has 2 aromatic rings. The van der Waals surface area contributed by atoms with Crippen molar-refractivity contribution in [2.45, 2.75) is 38.6 Å². The lowest BCUT2D eigenvalue weighted by molar-refractivity contribution is -0.133. The average Bonchev–Trinajstić information content (AvgIpc) is 3.05. The van der Waals surface area contributed by atoms with Crippen molar-refractivity contribution in [2.75, 3.05) is 19.7 Å². The largest absolute Gasteiger partial charge is 0.493 e. The average molecular weight is 345 g/mol. The molecule has 1 aromatic carbocycles. The van der Waals surface area contributed by atoms with Crippen LogP contribution in [0.1, 0.15) is 37.5 Å². The Morgan fingerprint density at radius 2 is 2.32 bits per heavy atom. The van der Waals surface area contributed by atoms with Crippen LogP contribution in [0.25, 0.3) is 0 Å². The predicted octanol–water partition coefficient (Wildman–Crippen LogP) is 3.35. The van der Waals surface area contributed by atoms with E-state index in [0.717, 1.165) is 31.8 Å². The van der Waals surface area contributed by atoms with Gasteiger partial charge in [0.2, 0.25) is 5.91 Å². The number of ether oxygens (including phenoxy) is 1. The molecule has 0 aliphatic carbocycles. The minimum absolute atomic E-state index is 0.158. The molecule has 3 rings (SSSR count). The van der Waals surface area contributed by atoms with Gasteiger partial charge in [-0.05, 0) is 38.3 Å². The summed E-state index contributed by atoms with van der Waals surface area (Å²) in [6, 6.07) is 6.37. The van der Waals surface area contributed by atoms with Crippen LogP contribution in [0.4, 0.5) is 4.39 Å². The molecule has 1 aliphatic heterocycles. The van der Waals surface area contributed by atoms with Gasteiger partial charge in [0.1, 0.15) is 17.4 Å². The van der Waals surface area contributed by atoms with Crippen molar-refractivity contribution < 1.29 is 13.9 Å². The molecule has 0 radical (unpaired) electrons. The molecule has 5 nitrogen and oxygen atoms in total. The van der Waals surface area contributed by atoms with Crippen molar-refractivity contribution in [3.8, 4) is 5.75 Å². The zero-order valence-electron chi connectivity index (χ0n) is 14.5. The molecular weight excluding hydrogens is 321 g/mol. The first-order chi connectivity index (χ1) is 12.1. The minimum atomic E-state index is -0.317. The standard InChI is InChI=1S/C19H24FN3O2/c1-15-21-9-11-23(15)17-6-3-10-22(14-17)19(24)8-4-12-25-18-7-2-5-16(20)13-18/h2,5,7,9,11,13,17H,3-4,6,8,10,12,14H2,1H3/t17-/m0/s1. The fourth-order valence-electron chi connectivity index (χ4n) is 3.31. The maximum Gasteiger partial charge on any atom is 0.222 e. The van der Waals surface area contributed by atoms with Gasteiger partial charge in [-0.1, -0.05) is 6.07 Å². The Morgan fingerprint density at radius 3 is 3.08 bits per heavy atom. The molecule has 0 bridgehead atoms. The lowest BCUT2D eigenvalue weighted by Gasteiger charge is -2.34. The van der Waals surface area contributed by atoms with E-state index in [2.05, 4.69) is 9.55 Å². The second-order valence-corrected chi connectivity index (χ2v) is 6.43. The molecule has 1 fully saturated rings. The monoisotopic (exact) mass is 345 g/mol. The molecular formula is C19H24FN3O2. The van der Waals surface area contributed by atoms with Crippen molar-refractivity contribution in [1.82, 2.24) is 14.5 Å². The number of nitrogens with zero attached hydrogens (tertiary/aromatic N) is 3. The van der Waals surface area contributed by atoms with Gasteiger partial charge in [-0.25, -0.2) is 9.37 Å². The molecule has 2 heterocycles. The van der Waals surface area contributed by atoms with Crippen molar-refractivity contribution in [3.63, 3.8) is 0 Å². The number of likely N-dealkylation sites (tertiary alicyclic amines) is 1. The Bertz CT molecular complexity index is 716. The molecule has 0 spiro atoms. The number of aromatic nitrogens is 2. The summed E-state index contributed by atoms with van der Waals surface area (Å²) >= 11 is 0. The summed E-state index contributed by atoms with van der Waals surface area (Å²) in [5, 5.41) is 0. The summed E-state index contributed by atoms with van der Waals surface area (Å²) in [6.07, 6.45) is 6.95. The molecule has 0 saturated carbocycles. The lowest BCUT2D eigenvalue weighted by atomic mass is 10.0. The van der Waals surface area contributed by atoms with Crippen LogP contribution in [-0.4, -0.2) is 40.1 Å². The van der Waals surface area contributed by atoms with E-state index in [0.29, 0.717) is 31.2 Å². The van der Waals surface area contributed by atoms with E-state index in [9.17, 15) is 9.18 Å². The number of piperidine rings is 1. The fraction of sp³-hybridized carbons (Fsp3) is 0.474. The molecule has 1 aliphatic rings. The number of rotatable bonds is 6. The van der Waals surface area contributed by atoms with Gasteiger partial charge < -0.3 is 14.2 Å². The van der Waals surface area contributed by atoms with E-state index in [1.165, 1.54) is 12.1 Å². The third-order valence-electron chi connectivity index (χ3n) is 4.60. The molecule has 1 saturated heterocycles.